The summed E-state index contributed by atoms with van der Waals surface area (Å²) in [5.74, 6) is 0.611. The molecule has 3 rings (SSSR count). The summed E-state index contributed by atoms with van der Waals surface area (Å²) in [6, 6.07) is 7.73. The number of rotatable bonds is 2. The fraction of sp³-hybridized carbons (Fsp3) is 0.250. The van der Waals surface area contributed by atoms with Crippen LogP contribution in [0.3, 0.4) is 0 Å². The third-order valence-electron chi connectivity index (χ3n) is 2.85. The molecule has 0 saturated heterocycles. The quantitative estimate of drug-likeness (QED) is 0.864. The molecular weight excluding hydrogens is 248 g/mol. The van der Waals surface area contributed by atoms with Crippen molar-refractivity contribution >= 4 is 28.3 Å². The molecule has 1 aliphatic heterocycles. The standard InChI is InChI=1S/C12H12N4OS/c1-7-13-12(18-16-7)15-11(17)10-6-8-4-2-3-5-9(8)14-10/h2-5,10,14H,6H2,1H3,(H,13,15,16,17)/t10-/m0/s1. The molecule has 1 atom stereocenters. The first-order chi connectivity index (χ1) is 8.72. The normalized spacial score (nSPS) is 17.1. The molecule has 0 spiro atoms. The molecule has 0 radical (unpaired) electrons. The van der Waals surface area contributed by atoms with Gasteiger partial charge in [-0.05, 0) is 18.6 Å². The van der Waals surface area contributed by atoms with E-state index in [1.807, 2.05) is 24.3 Å². The molecule has 18 heavy (non-hydrogen) atoms. The molecule has 2 aromatic rings. The summed E-state index contributed by atoms with van der Waals surface area (Å²) < 4.78 is 4.03. The number of amides is 1. The van der Waals surface area contributed by atoms with Gasteiger partial charge < -0.3 is 5.32 Å². The Morgan fingerprint density at radius 2 is 2.33 bits per heavy atom. The van der Waals surface area contributed by atoms with Gasteiger partial charge in [-0.25, -0.2) is 4.98 Å². The average Bonchev–Trinajstić information content (AvgIpc) is 2.95. The molecule has 1 aliphatic rings. The fourth-order valence-electron chi connectivity index (χ4n) is 2.00. The van der Waals surface area contributed by atoms with E-state index in [-0.39, 0.29) is 11.9 Å². The van der Waals surface area contributed by atoms with Gasteiger partial charge in [0.15, 0.2) is 0 Å². The molecule has 6 heteroatoms. The van der Waals surface area contributed by atoms with Crippen molar-refractivity contribution in [2.24, 2.45) is 0 Å². The number of anilines is 2. The van der Waals surface area contributed by atoms with E-state index in [0.29, 0.717) is 17.4 Å². The Morgan fingerprint density at radius 3 is 3.06 bits per heavy atom. The molecule has 0 aliphatic carbocycles. The number of aromatic nitrogens is 2. The predicted molar refractivity (Wildman–Crippen MR) is 70.8 cm³/mol. The molecule has 0 fully saturated rings. The highest BCUT2D eigenvalue weighted by molar-refractivity contribution is 7.09. The summed E-state index contributed by atoms with van der Waals surface area (Å²) >= 11 is 1.20. The molecule has 92 valence electrons. The minimum atomic E-state index is -0.230. The monoisotopic (exact) mass is 260 g/mol. The van der Waals surface area contributed by atoms with Crippen molar-refractivity contribution in [1.29, 1.82) is 0 Å². The number of para-hydroxylation sites is 1. The lowest BCUT2D eigenvalue weighted by atomic mass is 10.1. The highest BCUT2D eigenvalue weighted by atomic mass is 32.1. The van der Waals surface area contributed by atoms with E-state index in [1.54, 1.807) is 6.92 Å². The molecule has 1 aromatic carbocycles. The van der Waals surface area contributed by atoms with E-state index in [4.69, 9.17) is 0 Å². The van der Waals surface area contributed by atoms with Gasteiger partial charge in [-0.2, -0.15) is 4.37 Å². The van der Waals surface area contributed by atoms with Crippen LogP contribution in [0.5, 0.6) is 0 Å². The maximum absolute atomic E-state index is 12.1. The van der Waals surface area contributed by atoms with E-state index in [0.717, 1.165) is 5.69 Å². The number of carbonyl (C=O) groups is 1. The molecule has 2 heterocycles. The van der Waals surface area contributed by atoms with Gasteiger partial charge in [-0.1, -0.05) is 18.2 Å². The second-order valence-corrected chi connectivity index (χ2v) is 4.95. The Hall–Kier alpha value is -1.95. The molecule has 2 N–H and O–H groups in total. The highest BCUT2D eigenvalue weighted by Crippen LogP contribution is 2.25. The predicted octanol–water partition coefficient (Wildman–Crippen LogP) is 1.82. The van der Waals surface area contributed by atoms with Crippen molar-refractivity contribution in [1.82, 2.24) is 9.36 Å². The van der Waals surface area contributed by atoms with Crippen LogP contribution < -0.4 is 10.6 Å². The lowest BCUT2D eigenvalue weighted by molar-refractivity contribution is -0.116. The second-order valence-electron chi connectivity index (χ2n) is 4.19. The number of carbonyl (C=O) groups excluding carboxylic acids is 1. The number of nitrogens with zero attached hydrogens (tertiary/aromatic N) is 2. The first-order valence-electron chi connectivity index (χ1n) is 5.68. The molecule has 0 saturated carbocycles. The van der Waals surface area contributed by atoms with Gasteiger partial charge in [0.25, 0.3) is 0 Å². The van der Waals surface area contributed by atoms with Crippen LogP contribution in [0.1, 0.15) is 11.4 Å². The van der Waals surface area contributed by atoms with Gasteiger partial charge in [0.2, 0.25) is 11.0 Å². The zero-order valence-corrected chi connectivity index (χ0v) is 10.6. The summed E-state index contributed by atoms with van der Waals surface area (Å²) in [6.45, 7) is 1.80. The summed E-state index contributed by atoms with van der Waals surface area (Å²) in [4.78, 5) is 16.2. The summed E-state index contributed by atoms with van der Waals surface area (Å²) in [5, 5.41) is 6.54. The van der Waals surface area contributed by atoms with Gasteiger partial charge in [0.1, 0.15) is 11.9 Å². The molecule has 0 bridgehead atoms. The number of nitrogens with one attached hydrogen (secondary N) is 2. The van der Waals surface area contributed by atoms with Gasteiger partial charge in [-0.15, -0.1) is 0 Å². The van der Waals surface area contributed by atoms with Gasteiger partial charge in [-0.3, -0.25) is 10.1 Å². The van der Waals surface area contributed by atoms with Crippen LogP contribution in [0.4, 0.5) is 10.8 Å². The van der Waals surface area contributed by atoms with Gasteiger partial charge >= 0.3 is 0 Å². The summed E-state index contributed by atoms with van der Waals surface area (Å²) in [6.07, 6.45) is 0.708. The van der Waals surface area contributed by atoms with Crippen LogP contribution in [-0.4, -0.2) is 21.3 Å². The number of benzene rings is 1. The van der Waals surface area contributed by atoms with Crippen molar-refractivity contribution in [2.45, 2.75) is 19.4 Å². The summed E-state index contributed by atoms with van der Waals surface area (Å²) in [7, 11) is 0. The third-order valence-corrected chi connectivity index (χ3v) is 3.57. The Balaban J connectivity index is 1.69. The lowest BCUT2D eigenvalue weighted by Gasteiger charge is -2.09. The number of aryl methyl sites for hydroxylation is 1. The van der Waals surface area contributed by atoms with Crippen LogP contribution in [0.25, 0.3) is 0 Å². The van der Waals surface area contributed by atoms with E-state index in [9.17, 15) is 4.79 Å². The minimum absolute atomic E-state index is 0.0673. The lowest BCUT2D eigenvalue weighted by Crippen LogP contribution is -2.32. The SMILES string of the molecule is Cc1nsc(NC(=O)[C@@H]2Cc3ccccc3N2)n1. The maximum atomic E-state index is 12.1. The number of fused-ring (bicyclic) bond motifs is 1. The molecule has 5 nitrogen and oxygen atoms in total. The topological polar surface area (TPSA) is 66.9 Å². The molecular formula is C12H12N4OS. The maximum Gasteiger partial charge on any atom is 0.249 e. The van der Waals surface area contributed by atoms with Crippen molar-refractivity contribution in [3.8, 4) is 0 Å². The fourth-order valence-corrected chi connectivity index (χ4v) is 2.57. The largest absolute Gasteiger partial charge is 0.373 e. The molecule has 0 unspecified atom stereocenters. The average molecular weight is 260 g/mol. The first-order valence-corrected chi connectivity index (χ1v) is 6.45. The summed E-state index contributed by atoms with van der Waals surface area (Å²) in [5.41, 5.74) is 2.21. The third kappa shape index (κ3) is 2.06. The zero-order valence-electron chi connectivity index (χ0n) is 9.80. The van der Waals surface area contributed by atoms with Crippen molar-refractivity contribution in [3.05, 3.63) is 35.7 Å². The van der Waals surface area contributed by atoms with Gasteiger partial charge in [0.05, 0.1) is 0 Å². The van der Waals surface area contributed by atoms with Crippen LogP contribution in [0.2, 0.25) is 0 Å². The minimum Gasteiger partial charge on any atom is -0.373 e. The zero-order chi connectivity index (χ0) is 12.5. The van der Waals surface area contributed by atoms with Gasteiger partial charge in [0, 0.05) is 23.6 Å². The van der Waals surface area contributed by atoms with Crippen LogP contribution in [-0.2, 0) is 11.2 Å². The molecule has 1 amide bonds. The van der Waals surface area contributed by atoms with E-state index in [1.165, 1.54) is 17.1 Å². The van der Waals surface area contributed by atoms with E-state index in [2.05, 4.69) is 20.0 Å². The number of hydrogen-bond acceptors (Lipinski definition) is 5. The first kappa shape index (κ1) is 11.2. The Labute approximate surface area is 108 Å². The Bertz CT molecular complexity index is 570. The smallest absolute Gasteiger partial charge is 0.249 e. The van der Waals surface area contributed by atoms with Crippen LogP contribution in [0.15, 0.2) is 24.3 Å². The van der Waals surface area contributed by atoms with Crippen LogP contribution in [0, 0.1) is 6.92 Å². The van der Waals surface area contributed by atoms with Crippen LogP contribution >= 0.6 is 11.5 Å². The Kier molecular flexibility index (Phi) is 2.71. The Morgan fingerprint density at radius 1 is 1.50 bits per heavy atom. The van der Waals surface area contributed by atoms with Crippen molar-refractivity contribution in [2.75, 3.05) is 10.6 Å². The number of hydrogen-bond donors (Lipinski definition) is 2. The van der Waals surface area contributed by atoms with Crippen molar-refractivity contribution < 1.29 is 4.79 Å². The van der Waals surface area contributed by atoms with E-state index < -0.39 is 0 Å². The van der Waals surface area contributed by atoms with Crippen molar-refractivity contribution in [3.63, 3.8) is 0 Å². The highest BCUT2D eigenvalue weighted by Gasteiger charge is 2.26. The van der Waals surface area contributed by atoms with E-state index >= 15 is 0 Å². The second kappa shape index (κ2) is 4.38. The molecule has 1 aromatic heterocycles.